The second-order valence-corrected chi connectivity index (χ2v) is 3.91. The Balaban J connectivity index is 2.33. The fourth-order valence-corrected chi connectivity index (χ4v) is 1.65. The van der Waals surface area contributed by atoms with Crippen LogP contribution in [0.5, 0.6) is 0 Å². The molecule has 0 saturated carbocycles. The van der Waals surface area contributed by atoms with E-state index in [0.717, 1.165) is 6.08 Å². The van der Waals surface area contributed by atoms with Crippen LogP contribution in [-0.2, 0) is 4.79 Å². The summed E-state index contributed by atoms with van der Waals surface area (Å²) in [6, 6.07) is 10.1. The molecule has 0 atom stereocenters. The van der Waals surface area contributed by atoms with Gasteiger partial charge in [-0.05, 0) is 35.4 Å². The minimum atomic E-state index is -1.14. The van der Waals surface area contributed by atoms with Gasteiger partial charge < -0.3 is 5.11 Å². The monoisotopic (exact) mass is 260 g/mol. The molecule has 0 saturated heterocycles. The van der Waals surface area contributed by atoms with E-state index in [2.05, 4.69) is 0 Å². The third-order valence-corrected chi connectivity index (χ3v) is 2.58. The van der Waals surface area contributed by atoms with Gasteiger partial charge in [0.25, 0.3) is 0 Å². The minimum Gasteiger partial charge on any atom is -0.478 e. The molecule has 2 rings (SSSR count). The molecule has 0 spiro atoms. The Labute approximate surface area is 108 Å². The summed E-state index contributed by atoms with van der Waals surface area (Å²) >= 11 is 0. The minimum absolute atomic E-state index is 0.188. The van der Waals surface area contributed by atoms with Crippen LogP contribution in [0.1, 0.15) is 5.56 Å². The lowest BCUT2D eigenvalue weighted by atomic mass is 10.0. The Bertz CT molecular complexity index is 631. The number of carboxylic acids is 1. The number of carboxylic acid groups (broad SMARTS) is 1. The van der Waals surface area contributed by atoms with E-state index < -0.39 is 11.8 Å². The van der Waals surface area contributed by atoms with Crippen molar-refractivity contribution in [1.82, 2.24) is 0 Å². The molecule has 0 aromatic heterocycles. The lowest BCUT2D eigenvalue weighted by Gasteiger charge is -2.04. The highest BCUT2D eigenvalue weighted by molar-refractivity contribution is 5.85. The van der Waals surface area contributed by atoms with Crippen molar-refractivity contribution in [3.05, 3.63) is 65.7 Å². The van der Waals surface area contributed by atoms with E-state index in [1.165, 1.54) is 30.3 Å². The van der Waals surface area contributed by atoms with E-state index in [4.69, 9.17) is 5.11 Å². The van der Waals surface area contributed by atoms with Gasteiger partial charge in [-0.2, -0.15) is 0 Å². The Hall–Kier alpha value is -2.49. The first kappa shape index (κ1) is 13.0. The van der Waals surface area contributed by atoms with E-state index in [-0.39, 0.29) is 11.4 Å². The molecule has 2 nitrogen and oxygen atoms in total. The maximum Gasteiger partial charge on any atom is 0.328 e. The second kappa shape index (κ2) is 5.44. The van der Waals surface area contributed by atoms with Crippen LogP contribution >= 0.6 is 0 Å². The van der Waals surface area contributed by atoms with E-state index >= 15 is 0 Å². The summed E-state index contributed by atoms with van der Waals surface area (Å²) in [7, 11) is 0. The molecule has 2 aromatic carbocycles. The van der Waals surface area contributed by atoms with Crippen LogP contribution in [0, 0.1) is 11.6 Å². The van der Waals surface area contributed by atoms with Gasteiger partial charge in [0.15, 0.2) is 0 Å². The number of rotatable bonds is 3. The molecule has 19 heavy (non-hydrogen) atoms. The van der Waals surface area contributed by atoms with Gasteiger partial charge >= 0.3 is 5.97 Å². The van der Waals surface area contributed by atoms with Crippen LogP contribution in [0.3, 0.4) is 0 Å². The van der Waals surface area contributed by atoms with Crippen molar-refractivity contribution < 1.29 is 18.7 Å². The molecule has 0 radical (unpaired) electrons. The predicted octanol–water partition coefficient (Wildman–Crippen LogP) is 3.73. The molecule has 0 heterocycles. The van der Waals surface area contributed by atoms with E-state index in [1.807, 2.05) is 0 Å². The summed E-state index contributed by atoms with van der Waals surface area (Å²) in [5, 5.41) is 8.48. The van der Waals surface area contributed by atoms with Gasteiger partial charge in [-0.1, -0.05) is 24.3 Å². The smallest absolute Gasteiger partial charge is 0.328 e. The summed E-state index contributed by atoms with van der Waals surface area (Å²) in [4.78, 5) is 10.4. The fourth-order valence-electron chi connectivity index (χ4n) is 1.65. The number of hydrogen-bond acceptors (Lipinski definition) is 1. The van der Waals surface area contributed by atoms with Gasteiger partial charge in [-0.3, -0.25) is 0 Å². The third kappa shape index (κ3) is 3.25. The largest absolute Gasteiger partial charge is 0.478 e. The summed E-state index contributed by atoms with van der Waals surface area (Å²) in [6.45, 7) is 0. The molecular weight excluding hydrogens is 250 g/mol. The number of aliphatic carboxylic acids is 1. The van der Waals surface area contributed by atoms with Gasteiger partial charge in [0.1, 0.15) is 11.6 Å². The number of hydrogen-bond donors (Lipinski definition) is 1. The Morgan fingerprint density at radius 1 is 1.00 bits per heavy atom. The zero-order chi connectivity index (χ0) is 13.8. The molecule has 0 aliphatic rings. The molecular formula is C15H10F2O2. The van der Waals surface area contributed by atoms with Gasteiger partial charge in [0.05, 0.1) is 0 Å². The second-order valence-electron chi connectivity index (χ2n) is 3.91. The zero-order valence-electron chi connectivity index (χ0n) is 9.81. The van der Waals surface area contributed by atoms with Crippen LogP contribution in [0.4, 0.5) is 8.78 Å². The highest BCUT2D eigenvalue weighted by Crippen LogP contribution is 2.22. The molecule has 0 amide bonds. The lowest BCUT2D eigenvalue weighted by Crippen LogP contribution is -1.88. The Kier molecular flexibility index (Phi) is 3.71. The maximum absolute atomic E-state index is 13.7. The van der Waals surface area contributed by atoms with Crippen molar-refractivity contribution in [2.24, 2.45) is 0 Å². The van der Waals surface area contributed by atoms with Crippen LogP contribution in [0.15, 0.2) is 48.5 Å². The topological polar surface area (TPSA) is 37.3 Å². The lowest BCUT2D eigenvalue weighted by molar-refractivity contribution is -0.131. The molecule has 0 aliphatic heterocycles. The van der Waals surface area contributed by atoms with Crippen molar-refractivity contribution >= 4 is 12.0 Å². The molecule has 1 N–H and O–H groups in total. The highest BCUT2D eigenvalue weighted by atomic mass is 19.1. The van der Waals surface area contributed by atoms with E-state index in [0.29, 0.717) is 11.1 Å². The van der Waals surface area contributed by atoms with E-state index in [1.54, 1.807) is 18.2 Å². The maximum atomic E-state index is 13.7. The third-order valence-electron chi connectivity index (χ3n) is 2.58. The number of halogens is 2. The zero-order valence-corrected chi connectivity index (χ0v) is 9.81. The first-order valence-electron chi connectivity index (χ1n) is 5.53. The number of carbonyl (C=O) groups is 1. The van der Waals surface area contributed by atoms with Gasteiger partial charge in [-0.15, -0.1) is 0 Å². The normalized spacial score (nSPS) is 10.8. The van der Waals surface area contributed by atoms with Crippen LogP contribution in [-0.4, -0.2) is 11.1 Å². The molecule has 4 heteroatoms. The van der Waals surface area contributed by atoms with Crippen molar-refractivity contribution in [1.29, 1.82) is 0 Å². The molecule has 2 aromatic rings. The fraction of sp³-hybridized carbons (Fsp3) is 0. The Morgan fingerprint density at radius 2 is 1.63 bits per heavy atom. The summed E-state index contributed by atoms with van der Waals surface area (Å²) < 4.78 is 26.5. The predicted molar refractivity (Wildman–Crippen MR) is 68.5 cm³/mol. The summed E-state index contributed by atoms with van der Waals surface area (Å²) in [6.07, 6.45) is 2.06. The number of benzene rings is 2. The average molecular weight is 260 g/mol. The van der Waals surface area contributed by atoms with Crippen molar-refractivity contribution in [3.63, 3.8) is 0 Å². The van der Waals surface area contributed by atoms with Crippen molar-refractivity contribution in [3.8, 4) is 11.1 Å². The van der Waals surface area contributed by atoms with E-state index in [9.17, 15) is 13.6 Å². The first-order chi connectivity index (χ1) is 9.06. The van der Waals surface area contributed by atoms with Crippen LogP contribution in [0.2, 0.25) is 0 Å². The van der Waals surface area contributed by atoms with Crippen LogP contribution in [0.25, 0.3) is 17.2 Å². The highest BCUT2D eigenvalue weighted by Gasteiger charge is 2.04. The van der Waals surface area contributed by atoms with Crippen LogP contribution < -0.4 is 0 Å². The molecule has 0 unspecified atom stereocenters. The molecule has 0 bridgehead atoms. The Morgan fingerprint density at radius 3 is 2.21 bits per heavy atom. The van der Waals surface area contributed by atoms with Crippen molar-refractivity contribution in [2.75, 3.05) is 0 Å². The molecule has 0 fully saturated rings. The van der Waals surface area contributed by atoms with Gasteiger partial charge in [0, 0.05) is 11.6 Å². The average Bonchev–Trinajstić information content (AvgIpc) is 2.38. The molecule has 0 aliphatic carbocycles. The quantitative estimate of drug-likeness (QED) is 0.854. The summed E-state index contributed by atoms with van der Waals surface area (Å²) in [5.41, 5.74) is 1.48. The van der Waals surface area contributed by atoms with Gasteiger partial charge in [-0.25, -0.2) is 13.6 Å². The van der Waals surface area contributed by atoms with Crippen molar-refractivity contribution in [2.45, 2.75) is 0 Å². The standard InChI is InChI=1S/C15H10F2O2/c16-13-6-3-10(4-7-13)12-2-1-11(14(17)9-12)5-8-15(18)19/h1-9H,(H,18,19)/b8-5+. The SMILES string of the molecule is O=C(O)/C=C/c1ccc(-c2ccc(F)cc2)cc1F. The first-order valence-corrected chi connectivity index (χ1v) is 5.53. The van der Waals surface area contributed by atoms with Gasteiger partial charge in [0.2, 0.25) is 0 Å². The summed E-state index contributed by atoms with van der Waals surface area (Å²) in [5.74, 6) is -2.02. The molecule has 96 valence electrons.